The molecule has 0 aliphatic carbocycles. The molecule has 28 heteroatoms. The third-order valence-electron chi connectivity index (χ3n) is 14.2. The number of carbonyl (C=O) groups is 12. The van der Waals surface area contributed by atoms with Gasteiger partial charge in [-0.3, -0.25) is 57.5 Å². The highest BCUT2D eigenvalue weighted by Crippen LogP contribution is 2.20. The molecule has 0 radical (unpaired) electrons. The molecule has 1 aromatic heterocycles. The summed E-state index contributed by atoms with van der Waals surface area (Å²) in [6.07, 6.45) is -1.43. The van der Waals surface area contributed by atoms with E-state index >= 15 is 0 Å². The Kier molecular flexibility index (Phi) is 27.2. The van der Waals surface area contributed by atoms with E-state index in [0.717, 1.165) is 6.92 Å². The van der Waals surface area contributed by atoms with Crippen LogP contribution in [0.5, 0.6) is 5.75 Å². The van der Waals surface area contributed by atoms with Gasteiger partial charge in [-0.15, -0.1) is 0 Å². The number of benzene rings is 4. The minimum Gasteiger partial charge on any atom is -0.508 e. The zero-order chi connectivity index (χ0) is 65.2. The van der Waals surface area contributed by atoms with E-state index in [9.17, 15) is 78.0 Å². The molecule has 0 unspecified atom stereocenters. The number of para-hydroxylation sites is 1. The summed E-state index contributed by atoms with van der Waals surface area (Å²) >= 11 is 0. The first kappa shape index (κ1) is 69.6. The SMILES string of the molecule is C[C@H](NC(=O)[C@H](CC(=O)O)NC(=O)[C@H](Cc1c[nH]c2ccccc12)NC(=O)[C@H](Cc1ccccc1)NC(=O)[C@H](Cc1ccccc1)NC(=O)[C@H](CCC(=O)O)NC(=O)[C@H](CCC(N)=O)NC(=O)[C@H](Cc1ccc(O)cc1)NC(=O)[C@@H](N)CCCCN)C(=O)O. The average molecular weight is 1230 g/mol. The van der Waals surface area contributed by atoms with Crippen LogP contribution in [0.1, 0.15) is 80.5 Å². The van der Waals surface area contributed by atoms with Crippen LogP contribution in [-0.2, 0) is 83.2 Å². The maximum atomic E-state index is 14.9. The van der Waals surface area contributed by atoms with Gasteiger partial charge >= 0.3 is 17.9 Å². The highest BCUT2D eigenvalue weighted by molar-refractivity contribution is 5.99. The topological polar surface area (TPSA) is 476 Å². The maximum absolute atomic E-state index is 14.9. The summed E-state index contributed by atoms with van der Waals surface area (Å²) in [5.41, 5.74) is 19.8. The molecule has 476 valence electrons. The number of phenolic OH excluding ortho intramolecular Hbond substituents is 1. The highest BCUT2D eigenvalue weighted by Gasteiger charge is 2.36. The number of unbranched alkanes of at least 4 members (excludes halogenated alkanes) is 1. The van der Waals surface area contributed by atoms with Crippen molar-refractivity contribution in [3.8, 4) is 5.75 Å². The monoisotopic (exact) mass is 1230 g/mol. The van der Waals surface area contributed by atoms with Crippen molar-refractivity contribution in [3.63, 3.8) is 0 Å². The molecule has 19 N–H and O–H groups in total. The van der Waals surface area contributed by atoms with E-state index in [2.05, 4.69) is 47.5 Å². The predicted molar refractivity (Wildman–Crippen MR) is 321 cm³/mol. The fraction of sp³-hybridized carbons (Fsp3) is 0.377. The Hall–Kier alpha value is -10.2. The second kappa shape index (κ2) is 34.8. The second-order valence-corrected chi connectivity index (χ2v) is 21.2. The number of aromatic nitrogens is 1. The van der Waals surface area contributed by atoms with Crippen LogP contribution < -0.4 is 59.7 Å². The lowest BCUT2D eigenvalue weighted by Gasteiger charge is -2.28. The van der Waals surface area contributed by atoms with Gasteiger partial charge in [-0.1, -0.05) is 97.4 Å². The molecule has 1 heterocycles. The molecule has 5 rings (SSSR count). The van der Waals surface area contributed by atoms with E-state index in [1.54, 1.807) is 91.1 Å². The zero-order valence-electron chi connectivity index (χ0n) is 48.8. The molecule has 89 heavy (non-hydrogen) atoms. The van der Waals surface area contributed by atoms with Gasteiger partial charge in [0.15, 0.2) is 0 Å². The number of hydrogen-bond acceptors (Lipinski definition) is 15. The molecule has 0 saturated carbocycles. The molecule has 28 nitrogen and oxygen atoms in total. The molecule has 0 aliphatic heterocycles. The summed E-state index contributed by atoms with van der Waals surface area (Å²) < 4.78 is 0. The molecule has 0 fully saturated rings. The maximum Gasteiger partial charge on any atom is 0.325 e. The van der Waals surface area contributed by atoms with Crippen molar-refractivity contribution in [1.29, 1.82) is 0 Å². The van der Waals surface area contributed by atoms with Crippen molar-refractivity contribution in [2.24, 2.45) is 17.2 Å². The number of fused-ring (bicyclic) bond motifs is 1. The average Bonchev–Trinajstić information content (AvgIpc) is 2.61. The molecule has 0 aliphatic rings. The fourth-order valence-corrected chi connectivity index (χ4v) is 9.33. The van der Waals surface area contributed by atoms with Crippen molar-refractivity contribution in [3.05, 3.63) is 138 Å². The number of hydrogen-bond donors (Lipinski definition) is 16. The predicted octanol–water partition coefficient (Wildman–Crippen LogP) is -0.812. The number of H-pyrrole nitrogens is 1. The number of carboxylic acid groups (broad SMARTS) is 3. The standard InChI is InChI=1S/C61H76N12O16/c1-34(61(88)89)66-56(83)49(32-52(78)79)73-60(87)48(31-38-33-65-42-18-9-8-16-40(38)42)72-59(86)47(29-36-14-6-3-7-15-36)71-58(85)46(28-35-12-4-2-5-13-35)70-55(82)44(24-26-51(76)77)67-54(81)43(23-25-50(64)75)68-57(84)45(30-37-19-21-39(74)22-20-37)69-53(80)41(63)17-10-11-27-62/h2-9,12-16,18-22,33-34,41,43-49,65,74H,10-11,17,23-32,62-63H2,1H3,(H2,64,75)(H,66,83)(H,67,81)(H,68,84)(H,69,80)(H,70,82)(H,71,85)(H,72,86)(H,73,87)(H,76,77)(H,78,79)(H,88,89)/t34-,41-,43-,44-,45-,46-,47-,48-,49-/m0/s1. The highest BCUT2D eigenvalue weighted by atomic mass is 16.4. The van der Waals surface area contributed by atoms with E-state index in [1.165, 1.54) is 24.3 Å². The van der Waals surface area contributed by atoms with E-state index < -0.39 is 158 Å². The summed E-state index contributed by atoms with van der Waals surface area (Å²) in [5, 5.41) is 59.4. The summed E-state index contributed by atoms with van der Waals surface area (Å²) in [7, 11) is 0. The number of primary amides is 1. The number of nitrogens with one attached hydrogen (secondary N) is 9. The second-order valence-electron chi connectivity index (χ2n) is 21.2. The lowest BCUT2D eigenvalue weighted by Crippen LogP contribution is -2.61. The number of amides is 9. The quantitative estimate of drug-likeness (QED) is 0.0216. The first-order valence-corrected chi connectivity index (χ1v) is 28.6. The summed E-state index contributed by atoms with van der Waals surface area (Å²) in [4.78, 5) is 165. The molecule has 5 aromatic rings. The van der Waals surface area contributed by atoms with E-state index in [4.69, 9.17) is 17.2 Å². The van der Waals surface area contributed by atoms with Crippen LogP contribution in [0.2, 0.25) is 0 Å². The van der Waals surface area contributed by atoms with Crippen molar-refractivity contribution >= 4 is 82.0 Å². The van der Waals surface area contributed by atoms with E-state index in [0.29, 0.717) is 52.5 Å². The Bertz CT molecular complexity index is 3270. The number of carboxylic acids is 3. The van der Waals surface area contributed by atoms with E-state index in [1.807, 2.05) is 0 Å². The summed E-state index contributed by atoms with van der Waals surface area (Å²) in [6.45, 7) is 1.47. The van der Waals surface area contributed by atoms with Gasteiger partial charge in [0.2, 0.25) is 53.2 Å². The lowest BCUT2D eigenvalue weighted by atomic mass is 10.00. The van der Waals surface area contributed by atoms with Gasteiger partial charge < -0.3 is 85.1 Å². The van der Waals surface area contributed by atoms with Crippen LogP contribution in [0.3, 0.4) is 0 Å². The van der Waals surface area contributed by atoms with Crippen LogP contribution >= 0.6 is 0 Å². The Morgan fingerprint density at radius 2 is 0.876 bits per heavy atom. The third-order valence-corrected chi connectivity index (χ3v) is 14.2. The molecular weight excluding hydrogens is 1160 g/mol. The normalized spacial score (nSPS) is 14.1. The first-order chi connectivity index (χ1) is 42.4. The number of rotatable bonds is 37. The molecule has 9 amide bonds. The van der Waals surface area contributed by atoms with Gasteiger partial charge in [0.25, 0.3) is 0 Å². The zero-order valence-corrected chi connectivity index (χ0v) is 48.8. The van der Waals surface area contributed by atoms with Crippen LogP contribution in [0, 0.1) is 0 Å². The Balaban J connectivity index is 1.47. The molecular formula is C61H76N12O16. The number of phenols is 1. The number of carbonyl (C=O) groups excluding carboxylic acids is 9. The Morgan fingerprint density at radius 1 is 0.461 bits per heavy atom. The van der Waals surface area contributed by atoms with Crippen molar-refractivity contribution in [2.75, 3.05) is 6.54 Å². The molecule has 0 saturated heterocycles. The largest absolute Gasteiger partial charge is 0.508 e. The fourth-order valence-electron chi connectivity index (χ4n) is 9.33. The molecule has 4 aromatic carbocycles. The van der Waals surface area contributed by atoms with Crippen molar-refractivity contribution in [2.45, 2.75) is 138 Å². The minimum atomic E-state index is -1.84. The van der Waals surface area contributed by atoms with Gasteiger partial charge in [0.1, 0.15) is 54.1 Å². The Morgan fingerprint density at radius 3 is 1.35 bits per heavy atom. The van der Waals surface area contributed by atoms with Crippen LogP contribution in [0.15, 0.2) is 115 Å². The smallest absolute Gasteiger partial charge is 0.325 e. The van der Waals surface area contributed by atoms with Crippen LogP contribution in [0.25, 0.3) is 10.9 Å². The van der Waals surface area contributed by atoms with Crippen LogP contribution in [0.4, 0.5) is 0 Å². The van der Waals surface area contributed by atoms with Crippen molar-refractivity contribution < 1.29 is 78.0 Å². The van der Waals surface area contributed by atoms with Gasteiger partial charge in [-0.2, -0.15) is 0 Å². The van der Waals surface area contributed by atoms with Gasteiger partial charge in [-0.25, -0.2) is 0 Å². The first-order valence-electron chi connectivity index (χ1n) is 28.6. The summed E-state index contributed by atoms with van der Waals surface area (Å²) in [5.74, 6) is -13.5. The number of aromatic amines is 1. The lowest BCUT2D eigenvalue weighted by molar-refractivity contribution is -0.143. The van der Waals surface area contributed by atoms with Crippen molar-refractivity contribution in [1.82, 2.24) is 47.5 Å². The van der Waals surface area contributed by atoms with Gasteiger partial charge in [0.05, 0.1) is 12.5 Å². The minimum absolute atomic E-state index is 0.0897. The molecule has 0 spiro atoms. The number of nitrogens with two attached hydrogens (primary N) is 3. The molecule has 0 bridgehead atoms. The summed E-state index contributed by atoms with van der Waals surface area (Å²) in [6, 6.07) is 15.0. The van der Waals surface area contributed by atoms with Gasteiger partial charge in [-0.05, 0) is 79.6 Å². The number of aromatic hydroxyl groups is 1. The third kappa shape index (κ3) is 23.2. The van der Waals surface area contributed by atoms with E-state index in [-0.39, 0.29) is 37.9 Å². The van der Waals surface area contributed by atoms with Gasteiger partial charge in [0, 0.05) is 55.6 Å². The van der Waals surface area contributed by atoms with Crippen LogP contribution in [-0.4, -0.2) is 157 Å². The number of aliphatic carboxylic acids is 3. The Labute approximate surface area is 511 Å². The molecule has 9 atom stereocenters.